The molecule has 0 aliphatic carbocycles. The molecule has 56 valence electrons. The van der Waals surface area contributed by atoms with E-state index in [1.807, 2.05) is 0 Å². The minimum atomic E-state index is -0.725. The fraction of sp³-hybridized carbons (Fsp3) is 0.250. The first-order valence-electron chi connectivity index (χ1n) is 2.68. The third-order valence-corrected chi connectivity index (χ3v) is 1.17. The molecule has 7 N–H and O–H groups in total. The van der Waals surface area contributed by atoms with Gasteiger partial charge in [-0.25, -0.2) is 5.84 Å². The van der Waals surface area contributed by atoms with Crippen LogP contribution in [0, 0.1) is 0 Å². The third-order valence-electron chi connectivity index (χ3n) is 1.17. The number of carbonyl (C=O) groups is 1. The highest BCUT2D eigenvalue weighted by atomic mass is 16.2. The monoisotopic (exact) mass is 143 g/mol. The van der Waals surface area contributed by atoms with Crippen LogP contribution in [-0.4, -0.2) is 17.2 Å². The molecule has 0 aromatic heterocycles. The van der Waals surface area contributed by atoms with Crippen LogP contribution in [0.5, 0.6) is 0 Å². The standard InChI is InChI=1S/C4H9N5O/c5-2-1-3(10)8-4(6)9(2)7/h1,4H,5-7H2,(H,8,10). The van der Waals surface area contributed by atoms with Crippen molar-refractivity contribution >= 4 is 5.91 Å². The second kappa shape index (κ2) is 2.16. The Kier molecular flexibility index (Phi) is 1.48. The van der Waals surface area contributed by atoms with Crippen LogP contribution < -0.4 is 22.6 Å². The molecular weight excluding hydrogens is 134 g/mol. The SMILES string of the molecule is NC1=CC(=O)NC(N)N1N. The average Bonchev–Trinajstić information content (AvgIpc) is 1.82. The second-order valence-corrected chi connectivity index (χ2v) is 1.93. The highest BCUT2D eigenvalue weighted by Gasteiger charge is 2.18. The maximum absolute atomic E-state index is 10.6. The Morgan fingerprint density at radius 1 is 1.70 bits per heavy atom. The van der Waals surface area contributed by atoms with E-state index in [-0.39, 0.29) is 11.7 Å². The maximum Gasteiger partial charge on any atom is 0.250 e. The predicted molar refractivity (Wildman–Crippen MR) is 34.4 cm³/mol. The summed E-state index contributed by atoms with van der Waals surface area (Å²) in [5.41, 5.74) is 10.6. The largest absolute Gasteiger partial charge is 0.384 e. The van der Waals surface area contributed by atoms with E-state index in [2.05, 4.69) is 5.32 Å². The van der Waals surface area contributed by atoms with Gasteiger partial charge in [0.1, 0.15) is 5.82 Å². The number of hydrazine groups is 1. The molecule has 0 saturated carbocycles. The van der Waals surface area contributed by atoms with Gasteiger partial charge < -0.3 is 11.1 Å². The molecule has 1 heterocycles. The predicted octanol–water partition coefficient (Wildman–Crippen LogP) is -2.67. The van der Waals surface area contributed by atoms with Crippen molar-refractivity contribution in [3.05, 3.63) is 11.9 Å². The van der Waals surface area contributed by atoms with Crippen molar-refractivity contribution in [2.24, 2.45) is 17.3 Å². The summed E-state index contributed by atoms with van der Waals surface area (Å²) < 4.78 is 0. The van der Waals surface area contributed by atoms with Crippen LogP contribution in [0.25, 0.3) is 0 Å². The molecule has 1 atom stereocenters. The molecular formula is C4H9N5O. The van der Waals surface area contributed by atoms with Gasteiger partial charge in [0.05, 0.1) is 0 Å². The van der Waals surface area contributed by atoms with Crippen LogP contribution in [0.15, 0.2) is 11.9 Å². The van der Waals surface area contributed by atoms with Crippen molar-refractivity contribution in [2.45, 2.75) is 6.29 Å². The lowest BCUT2D eigenvalue weighted by molar-refractivity contribution is -0.119. The summed E-state index contributed by atoms with van der Waals surface area (Å²) >= 11 is 0. The highest BCUT2D eigenvalue weighted by molar-refractivity contribution is 5.88. The number of hydrogen-bond acceptors (Lipinski definition) is 5. The van der Waals surface area contributed by atoms with Crippen molar-refractivity contribution in [3.8, 4) is 0 Å². The van der Waals surface area contributed by atoms with Crippen LogP contribution in [0.3, 0.4) is 0 Å². The van der Waals surface area contributed by atoms with Crippen LogP contribution >= 0.6 is 0 Å². The summed E-state index contributed by atoms with van der Waals surface area (Å²) in [7, 11) is 0. The number of nitrogens with one attached hydrogen (secondary N) is 1. The van der Waals surface area contributed by atoms with E-state index in [9.17, 15) is 4.79 Å². The van der Waals surface area contributed by atoms with Crippen LogP contribution in [0.4, 0.5) is 0 Å². The fourth-order valence-electron chi connectivity index (χ4n) is 0.626. The third kappa shape index (κ3) is 1.02. The van der Waals surface area contributed by atoms with Gasteiger partial charge in [0.15, 0.2) is 6.29 Å². The first kappa shape index (κ1) is 6.84. The molecule has 0 spiro atoms. The van der Waals surface area contributed by atoms with Gasteiger partial charge in [0.25, 0.3) is 0 Å². The molecule has 0 saturated heterocycles. The Bertz CT molecular complexity index is 188. The van der Waals surface area contributed by atoms with E-state index in [0.717, 1.165) is 5.01 Å². The molecule has 0 bridgehead atoms. The zero-order valence-electron chi connectivity index (χ0n) is 5.24. The van der Waals surface area contributed by atoms with Gasteiger partial charge in [0, 0.05) is 6.08 Å². The summed E-state index contributed by atoms with van der Waals surface area (Å²) in [6.07, 6.45) is 0.445. The first-order valence-corrected chi connectivity index (χ1v) is 2.68. The van der Waals surface area contributed by atoms with Gasteiger partial charge in [-0.1, -0.05) is 0 Å². The Morgan fingerprint density at radius 2 is 2.30 bits per heavy atom. The molecule has 0 fully saturated rings. The lowest BCUT2D eigenvalue weighted by Gasteiger charge is -2.29. The second-order valence-electron chi connectivity index (χ2n) is 1.93. The van der Waals surface area contributed by atoms with Gasteiger partial charge in [-0.05, 0) is 0 Å². The number of nitrogens with two attached hydrogens (primary N) is 3. The van der Waals surface area contributed by atoms with E-state index < -0.39 is 6.29 Å². The van der Waals surface area contributed by atoms with E-state index in [0.29, 0.717) is 0 Å². The van der Waals surface area contributed by atoms with E-state index in [1.54, 1.807) is 0 Å². The quantitative estimate of drug-likeness (QED) is 0.276. The zero-order valence-corrected chi connectivity index (χ0v) is 5.24. The summed E-state index contributed by atoms with van der Waals surface area (Å²) in [5.74, 6) is 5.12. The lowest BCUT2D eigenvalue weighted by atomic mass is 10.4. The highest BCUT2D eigenvalue weighted by Crippen LogP contribution is 1.96. The fourth-order valence-corrected chi connectivity index (χ4v) is 0.626. The van der Waals surface area contributed by atoms with Crippen molar-refractivity contribution in [2.75, 3.05) is 0 Å². The topological polar surface area (TPSA) is 110 Å². The Hall–Kier alpha value is -1.27. The molecule has 10 heavy (non-hydrogen) atoms. The summed E-state index contributed by atoms with van der Waals surface area (Å²) in [6.45, 7) is 0. The van der Waals surface area contributed by atoms with Gasteiger partial charge in [-0.2, -0.15) is 0 Å². The first-order chi connectivity index (χ1) is 4.61. The maximum atomic E-state index is 10.6. The molecule has 6 nitrogen and oxygen atoms in total. The molecule has 0 radical (unpaired) electrons. The average molecular weight is 143 g/mol. The van der Waals surface area contributed by atoms with Gasteiger partial charge in [0.2, 0.25) is 5.91 Å². The summed E-state index contributed by atoms with van der Waals surface area (Å²) in [5, 5.41) is 3.41. The van der Waals surface area contributed by atoms with Crippen molar-refractivity contribution in [1.29, 1.82) is 0 Å². The molecule has 0 aromatic carbocycles. The van der Waals surface area contributed by atoms with Crippen molar-refractivity contribution in [1.82, 2.24) is 10.3 Å². The normalized spacial score (nSPS) is 25.8. The smallest absolute Gasteiger partial charge is 0.250 e. The van der Waals surface area contributed by atoms with Crippen molar-refractivity contribution < 1.29 is 4.79 Å². The summed E-state index contributed by atoms with van der Waals surface area (Å²) in [4.78, 5) is 10.6. The molecule has 1 aliphatic heterocycles. The Morgan fingerprint density at radius 3 is 2.80 bits per heavy atom. The van der Waals surface area contributed by atoms with Crippen LogP contribution in [0.1, 0.15) is 0 Å². The number of amides is 1. The number of nitrogens with zero attached hydrogens (tertiary/aromatic N) is 1. The number of carbonyl (C=O) groups excluding carboxylic acids is 1. The molecule has 1 amide bonds. The lowest BCUT2D eigenvalue weighted by Crippen LogP contribution is -2.60. The molecule has 1 rings (SSSR count). The van der Waals surface area contributed by atoms with Gasteiger partial charge >= 0.3 is 0 Å². The van der Waals surface area contributed by atoms with Crippen LogP contribution in [0.2, 0.25) is 0 Å². The van der Waals surface area contributed by atoms with E-state index in [1.165, 1.54) is 6.08 Å². The Labute approximate surface area is 57.6 Å². The zero-order chi connectivity index (χ0) is 7.72. The molecule has 6 heteroatoms. The Balaban J connectivity index is 2.80. The summed E-state index contributed by atoms with van der Waals surface area (Å²) in [6, 6.07) is 0. The van der Waals surface area contributed by atoms with Gasteiger partial charge in [-0.15, -0.1) is 0 Å². The van der Waals surface area contributed by atoms with Crippen LogP contribution in [-0.2, 0) is 4.79 Å². The van der Waals surface area contributed by atoms with Gasteiger partial charge in [-0.3, -0.25) is 15.5 Å². The molecule has 1 aliphatic rings. The molecule has 1 unspecified atom stereocenters. The minimum absolute atomic E-state index is 0.163. The van der Waals surface area contributed by atoms with E-state index >= 15 is 0 Å². The van der Waals surface area contributed by atoms with E-state index in [4.69, 9.17) is 17.3 Å². The molecule has 0 aromatic rings. The minimum Gasteiger partial charge on any atom is -0.384 e. The number of rotatable bonds is 0. The van der Waals surface area contributed by atoms with Crippen molar-refractivity contribution in [3.63, 3.8) is 0 Å². The number of hydrogen-bond donors (Lipinski definition) is 4.